The molecule has 0 bridgehead atoms. The van der Waals surface area contributed by atoms with E-state index >= 15 is 0 Å². The lowest BCUT2D eigenvalue weighted by molar-refractivity contribution is 0.151. The largest absolute Gasteiger partial charge is 0.369 e. The third-order valence-electron chi connectivity index (χ3n) is 2.23. The molecule has 0 fully saturated rings. The van der Waals surface area contributed by atoms with Crippen molar-refractivity contribution >= 4 is 27.4 Å². The molecule has 0 aliphatic carbocycles. The zero-order chi connectivity index (χ0) is 16.2. The van der Waals surface area contributed by atoms with E-state index in [1.807, 2.05) is 0 Å². The van der Waals surface area contributed by atoms with Crippen LogP contribution in [-0.4, -0.2) is 42.1 Å². The summed E-state index contributed by atoms with van der Waals surface area (Å²) in [4.78, 5) is 5.61. The van der Waals surface area contributed by atoms with E-state index in [1.165, 1.54) is 24.9 Å². The van der Waals surface area contributed by atoms with Crippen LogP contribution < -0.4 is 0 Å². The van der Waals surface area contributed by atoms with Crippen molar-refractivity contribution in [1.29, 1.82) is 5.26 Å². The van der Waals surface area contributed by atoms with Gasteiger partial charge in [-0.1, -0.05) is 0 Å². The van der Waals surface area contributed by atoms with Crippen LogP contribution in [0.5, 0.6) is 0 Å². The summed E-state index contributed by atoms with van der Waals surface area (Å²) in [5.41, 5.74) is -0.481. The lowest BCUT2D eigenvalue weighted by atomic mass is 10.1. The zero-order valence-corrected chi connectivity index (χ0v) is 13.0. The average molecular weight is 314 g/mol. The number of nitrogens with zero attached hydrogens (tertiary/aromatic N) is 4. The van der Waals surface area contributed by atoms with E-state index in [1.54, 1.807) is 25.1 Å². The summed E-state index contributed by atoms with van der Waals surface area (Å²) in [5.74, 6) is 0. The molecule has 21 heavy (non-hydrogen) atoms. The van der Waals surface area contributed by atoms with E-state index in [4.69, 9.17) is 5.26 Å². The van der Waals surface area contributed by atoms with Gasteiger partial charge in [-0.25, -0.2) is 18.0 Å². The molecule has 0 saturated carbocycles. The lowest BCUT2D eigenvalue weighted by Gasteiger charge is -2.09. The first-order valence-corrected chi connectivity index (χ1v) is 8.21. The lowest BCUT2D eigenvalue weighted by Crippen LogP contribution is -2.07. The maximum atomic E-state index is 13.1. The van der Waals surface area contributed by atoms with Crippen molar-refractivity contribution in [1.82, 2.24) is 4.90 Å². The molecule has 1 aromatic rings. The molecule has 1 rings (SSSR count). The maximum Gasteiger partial charge on any atom is 0.265 e. The van der Waals surface area contributed by atoms with Crippen molar-refractivity contribution in [2.24, 2.45) is 9.36 Å². The van der Waals surface area contributed by atoms with Gasteiger partial charge in [0, 0.05) is 41.9 Å². The minimum absolute atomic E-state index is 0.0754. The fourth-order valence-corrected chi connectivity index (χ4v) is 2.13. The van der Waals surface area contributed by atoms with E-state index in [0.29, 0.717) is 0 Å². The molecule has 5 nitrogen and oxygen atoms in total. The Hall–Kier alpha value is -2.01. The molecule has 1 aromatic carbocycles. The third kappa shape index (κ3) is 5.11. The summed E-state index contributed by atoms with van der Waals surface area (Å²) >= 11 is 0. The summed E-state index contributed by atoms with van der Waals surface area (Å²) in [6.07, 6.45) is 1.35. The fraction of sp³-hybridized carbons (Fsp3) is 0.385. The second kappa shape index (κ2) is 6.63. The second-order valence-corrected chi connectivity index (χ2v) is 7.37. The average Bonchev–Trinajstić information content (AvgIpc) is 2.33. The molecule has 114 valence electrons. The van der Waals surface area contributed by atoms with Gasteiger partial charge in [-0.05, 0) is 12.1 Å². The Bertz CT molecular complexity index is 706. The predicted molar refractivity (Wildman–Crippen MR) is 80.0 cm³/mol. The first kappa shape index (κ1) is 17.0. The molecular weight excluding hydrogens is 298 g/mol. The molecule has 0 aliphatic heterocycles. The Balaban J connectivity index is 3.61. The molecule has 8 heteroatoms. The van der Waals surface area contributed by atoms with Crippen LogP contribution in [0.4, 0.5) is 20.2 Å². The molecule has 0 aromatic heterocycles. The van der Waals surface area contributed by atoms with Crippen LogP contribution in [0.25, 0.3) is 0 Å². The van der Waals surface area contributed by atoms with Crippen molar-refractivity contribution < 1.29 is 13.0 Å². The molecule has 0 radical (unpaired) electrons. The first-order chi connectivity index (χ1) is 9.64. The summed E-state index contributed by atoms with van der Waals surface area (Å²) in [6, 6.07) is 4.18. The molecule has 0 saturated heterocycles. The van der Waals surface area contributed by atoms with Gasteiger partial charge in [0.1, 0.15) is 6.07 Å². The Labute approximate surface area is 123 Å². The number of halogens is 2. The predicted octanol–water partition coefficient (Wildman–Crippen LogP) is 3.08. The summed E-state index contributed by atoms with van der Waals surface area (Å²) < 4.78 is 41.8. The van der Waals surface area contributed by atoms with Gasteiger partial charge >= 0.3 is 0 Å². The van der Waals surface area contributed by atoms with Gasteiger partial charge in [-0.2, -0.15) is 9.62 Å². The van der Waals surface area contributed by atoms with Crippen LogP contribution in [0.15, 0.2) is 21.5 Å². The van der Waals surface area contributed by atoms with E-state index in [2.05, 4.69) is 9.36 Å². The Kier molecular flexibility index (Phi) is 5.38. The van der Waals surface area contributed by atoms with Crippen LogP contribution in [0.3, 0.4) is 0 Å². The highest BCUT2D eigenvalue weighted by molar-refractivity contribution is 7.92. The van der Waals surface area contributed by atoms with Crippen molar-refractivity contribution in [3.8, 4) is 6.07 Å². The van der Waals surface area contributed by atoms with Gasteiger partial charge in [0.25, 0.3) is 6.43 Å². The topological polar surface area (TPSA) is 68.8 Å². The van der Waals surface area contributed by atoms with Crippen molar-refractivity contribution in [3.63, 3.8) is 0 Å². The summed E-state index contributed by atoms with van der Waals surface area (Å²) in [7, 11) is 0.920. The van der Waals surface area contributed by atoms with Crippen molar-refractivity contribution in [2.75, 3.05) is 26.6 Å². The van der Waals surface area contributed by atoms with Crippen LogP contribution in [0.1, 0.15) is 17.6 Å². The van der Waals surface area contributed by atoms with Crippen LogP contribution in [-0.2, 0) is 9.73 Å². The highest BCUT2D eigenvalue weighted by Crippen LogP contribution is 2.34. The molecule has 0 unspecified atom stereocenters. The van der Waals surface area contributed by atoms with E-state index in [9.17, 15) is 13.0 Å². The minimum Gasteiger partial charge on any atom is -0.369 e. The number of rotatable bonds is 4. The standard InChI is InChI=1S/C13H16F2N4OS/c1-19(2)8-17-12-6-9(18-21(3,4)20)5-10(13(14)15)11(12)7-16/h5-6,8,13H,1-4H3/b17-8-. The highest BCUT2D eigenvalue weighted by atomic mass is 32.2. The van der Waals surface area contributed by atoms with Gasteiger partial charge in [-0.3, -0.25) is 0 Å². The minimum atomic E-state index is -2.84. The molecule has 0 aliphatic rings. The molecule has 0 heterocycles. The van der Waals surface area contributed by atoms with Crippen LogP contribution >= 0.6 is 0 Å². The second-order valence-electron chi connectivity index (χ2n) is 4.82. The van der Waals surface area contributed by atoms with Gasteiger partial charge in [-0.15, -0.1) is 0 Å². The molecule has 0 spiro atoms. The number of nitriles is 1. The summed E-state index contributed by atoms with van der Waals surface area (Å²) in [6.45, 7) is 0. The van der Waals surface area contributed by atoms with Gasteiger partial charge in [0.2, 0.25) is 0 Å². The molecule has 0 atom stereocenters. The molecule has 0 amide bonds. The molecular formula is C13H16F2N4OS. The Morgan fingerprint density at radius 3 is 2.43 bits per heavy atom. The Morgan fingerprint density at radius 2 is 2.00 bits per heavy atom. The van der Waals surface area contributed by atoms with Crippen LogP contribution in [0, 0.1) is 11.3 Å². The van der Waals surface area contributed by atoms with E-state index in [-0.39, 0.29) is 16.9 Å². The summed E-state index contributed by atoms with van der Waals surface area (Å²) in [5, 5.41) is 9.08. The molecule has 0 N–H and O–H groups in total. The van der Waals surface area contributed by atoms with Crippen LogP contribution in [0.2, 0.25) is 0 Å². The normalized spacial score (nSPS) is 11.7. The zero-order valence-electron chi connectivity index (χ0n) is 12.2. The monoisotopic (exact) mass is 314 g/mol. The maximum absolute atomic E-state index is 13.1. The number of alkyl halides is 2. The van der Waals surface area contributed by atoms with Gasteiger partial charge in [0.15, 0.2) is 0 Å². The smallest absolute Gasteiger partial charge is 0.265 e. The Morgan fingerprint density at radius 1 is 1.38 bits per heavy atom. The van der Waals surface area contributed by atoms with Gasteiger partial charge in [0.05, 0.1) is 23.3 Å². The SMILES string of the molecule is CN(C)/C=N\c1cc(N=S(C)(C)=O)cc(C(F)F)c1C#N. The van der Waals surface area contributed by atoms with E-state index in [0.717, 1.165) is 6.07 Å². The van der Waals surface area contributed by atoms with E-state index < -0.39 is 21.7 Å². The first-order valence-electron chi connectivity index (χ1n) is 5.88. The number of hydrogen-bond acceptors (Lipinski definition) is 4. The fourth-order valence-electron chi connectivity index (χ4n) is 1.51. The van der Waals surface area contributed by atoms with Gasteiger partial charge < -0.3 is 4.90 Å². The van der Waals surface area contributed by atoms with Crippen molar-refractivity contribution in [3.05, 3.63) is 23.3 Å². The quantitative estimate of drug-likeness (QED) is 0.633. The third-order valence-corrected chi connectivity index (χ3v) is 2.88. The van der Waals surface area contributed by atoms with Crippen molar-refractivity contribution in [2.45, 2.75) is 6.43 Å². The highest BCUT2D eigenvalue weighted by Gasteiger charge is 2.18. The number of hydrogen-bond donors (Lipinski definition) is 0. The number of benzene rings is 1. The number of aliphatic imine (C=N–C) groups is 1.